The Morgan fingerprint density at radius 1 is 0.696 bits per heavy atom. The molecule has 2 aromatic carbocycles. The molecule has 1 fully saturated rings. The average Bonchev–Trinajstić information content (AvgIpc) is 3.31. The van der Waals surface area contributed by atoms with E-state index in [1.165, 1.54) is 11.1 Å². The Kier molecular flexibility index (Phi) is 3.99. The second-order valence-electron chi connectivity index (χ2n) is 8.01. The maximum Gasteiger partial charge on any atom is 0.418 e. The Bertz CT molecular complexity index is 616. The fourth-order valence-corrected chi connectivity index (χ4v) is 7.89. The average molecular weight is 327 g/mol. The molecule has 0 amide bonds. The molecule has 2 nitrogen and oxygen atoms in total. The Morgan fingerprint density at radius 3 is 1.39 bits per heavy atom. The molecule has 3 rings (SSSR count). The van der Waals surface area contributed by atoms with Gasteiger partial charge in [0.15, 0.2) is 0 Å². The van der Waals surface area contributed by atoms with Gasteiger partial charge in [0.05, 0.1) is 0 Å². The van der Waals surface area contributed by atoms with Crippen LogP contribution >= 0.6 is 0 Å². The van der Waals surface area contributed by atoms with Gasteiger partial charge in [-0.2, -0.15) is 0 Å². The SMILES string of the molecule is CC(C)(C)[Si]1(C(C)(C)C(c2ccccc2)c2ccccc2)OO1. The van der Waals surface area contributed by atoms with Crippen molar-refractivity contribution in [3.8, 4) is 0 Å². The van der Waals surface area contributed by atoms with Crippen LogP contribution < -0.4 is 0 Å². The summed E-state index contributed by atoms with van der Waals surface area (Å²) in [5.74, 6) is 0.248. The minimum absolute atomic E-state index is 0.0261. The van der Waals surface area contributed by atoms with Crippen molar-refractivity contribution in [2.24, 2.45) is 0 Å². The van der Waals surface area contributed by atoms with E-state index >= 15 is 0 Å². The largest absolute Gasteiger partial charge is 0.418 e. The highest BCUT2D eigenvalue weighted by atomic mass is 28.4. The van der Waals surface area contributed by atoms with E-state index in [0.29, 0.717) is 0 Å². The van der Waals surface area contributed by atoms with Crippen molar-refractivity contribution >= 4 is 8.56 Å². The number of rotatable bonds is 4. The lowest BCUT2D eigenvalue weighted by molar-refractivity contribution is 0.0850. The lowest BCUT2D eigenvalue weighted by Gasteiger charge is -2.40. The molecule has 2 aromatic rings. The van der Waals surface area contributed by atoms with Crippen molar-refractivity contribution in [1.29, 1.82) is 0 Å². The fourth-order valence-electron chi connectivity index (χ4n) is 3.98. The summed E-state index contributed by atoms with van der Waals surface area (Å²) in [6.45, 7) is 11.3. The molecule has 0 saturated carbocycles. The highest BCUT2D eigenvalue weighted by Gasteiger charge is 2.74. The molecule has 0 aromatic heterocycles. The van der Waals surface area contributed by atoms with E-state index in [9.17, 15) is 0 Å². The summed E-state index contributed by atoms with van der Waals surface area (Å²) in [6, 6.07) is 21.4. The van der Waals surface area contributed by atoms with Crippen LogP contribution in [-0.4, -0.2) is 8.56 Å². The van der Waals surface area contributed by atoms with Crippen LogP contribution in [0.4, 0.5) is 0 Å². The third kappa shape index (κ3) is 2.67. The van der Waals surface area contributed by atoms with Crippen LogP contribution in [0, 0.1) is 0 Å². The summed E-state index contributed by atoms with van der Waals surface area (Å²) < 4.78 is 11.6. The number of benzene rings is 2. The molecular formula is C20H26O2Si. The van der Waals surface area contributed by atoms with Crippen LogP contribution in [0.25, 0.3) is 0 Å². The van der Waals surface area contributed by atoms with Crippen molar-refractivity contribution < 1.29 is 9.15 Å². The molecule has 0 bridgehead atoms. The minimum atomic E-state index is -2.31. The Labute approximate surface area is 140 Å². The minimum Gasteiger partial charge on any atom is -0.255 e. The molecule has 3 heteroatoms. The summed E-state index contributed by atoms with van der Waals surface area (Å²) in [4.78, 5) is 0. The summed E-state index contributed by atoms with van der Waals surface area (Å²) in [5, 5.41) is -0.0632. The normalized spacial score (nSPS) is 17.3. The smallest absolute Gasteiger partial charge is 0.255 e. The molecule has 0 unspecified atom stereocenters. The highest BCUT2D eigenvalue weighted by Crippen LogP contribution is 2.66. The monoisotopic (exact) mass is 326 g/mol. The highest BCUT2D eigenvalue weighted by molar-refractivity contribution is 6.78. The van der Waals surface area contributed by atoms with Gasteiger partial charge in [-0.25, -0.2) is 0 Å². The van der Waals surface area contributed by atoms with Crippen molar-refractivity contribution in [3.63, 3.8) is 0 Å². The number of hydrogen-bond donors (Lipinski definition) is 0. The zero-order valence-electron chi connectivity index (χ0n) is 14.7. The summed E-state index contributed by atoms with van der Waals surface area (Å²) in [7, 11) is -2.31. The van der Waals surface area contributed by atoms with Gasteiger partial charge >= 0.3 is 8.56 Å². The van der Waals surface area contributed by atoms with E-state index in [1.54, 1.807) is 0 Å². The Hall–Kier alpha value is -1.42. The molecule has 122 valence electrons. The van der Waals surface area contributed by atoms with E-state index in [2.05, 4.69) is 95.3 Å². The van der Waals surface area contributed by atoms with Crippen LogP contribution in [0.1, 0.15) is 51.7 Å². The molecule has 23 heavy (non-hydrogen) atoms. The maximum absolute atomic E-state index is 5.79. The summed E-state index contributed by atoms with van der Waals surface area (Å²) in [6.07, 6.45) is 0. The van der Waals surface area contributed by atoms with Crippen LogP contribution in [0.5, 0.6) is 0 Å². The molecule has 0 aliphatic carbocycles. The van der Waals surface area contributed by atoms with Crippen molar-refractivity contribution in [2.45, 2.75) is 50.6 Å². The molecule has 0 atom stereocenters. The topological polar surface area (TPSA) is 25.1 Å². The second-order valence-corrected chi connectivity index (χ2v) is 12.4. The lowest BCUT2D eigenvalue weighted by atomic mass is 9.82. The van der Waals surface area contributed by atoms with Gasteiger partial charge in [0, 0.05) is 16.0 Å². The third-order valence-corrected chi connectivity index (χ3v) is 9.53. The molecule has 0 spiro atoms. The van der Waals surface area contributed by atoms with Gasteiger partial charge in [-0.15, -0.1) is 0 Å². The molecule has 1 aliphatic rings. The van der Waals surface area contributed by atoms with Crippen LogP contribution in [0.15, 0.2) is 60.7 Å². The molecule has 1 saturated heterocycles. The van der Waals surface area contributed by atoms with E-state index in [-0.39, 0.29) is 16.0 Å². The predicted octanol–water partition coefficient (Wildman–Crippen LogP) is 5.80. The van der Waals surface area contributed by atoms with Crippen LogP contribution in [-0.2, 0) is 9.15 Å². The first-order valence-electron chi connectivity index (χ1n) is 8.26. The van der Waals surface area contributed by atoms with Crippen LogP contribution in [0.2, 0.25) is 10.1 Å². The van der Waals surface area contributed by atoms with E-state index in [1.807, 2.05) is 0 Å². The first-order chi connectivity index (χ1) is 10.8. The standard InChI is InChI=1S/C20H26O2Si/c1-19(2,3)23(21-22-23)20(4,5)18(16-12-8-6-9-13-16)17-14-10-7-11-15-17/h6-15,18H,1-5H3. The van der Waals surface area contributed by atoms with Crippen molar-refractivity contribution in [1.82, 2.24) is 0 Å². The lowest BCUT2D eigenvalue weighted by Crippen LogP contribution is -2.44. The second kappa shape index (κ2) is 5.59. The van der Waals surface area contributed by atoms with Gasteiger partial charge in [-0.1, -0.05) is 95.3 Å². The maximum atomic E-state index is 5.79. The van der Waals surface area contributed by atoms with E-state index < -0.39 is 8.56 Å². The Balaban J connectivity index is 2.13. The van der Waals surface area contributed by atoms with Crippen molar-refractivity contribution in [3.05, 3.63) is 71.8 Å². The number of hydrogen-bond acceptors (Lipinski definition) is 2. The van der Waals surface area contributed by atoms with Crippen LogP contribution in [0.3, 0.4) is 0 Å². The molecule has 1 aliphatic heterocycles. The van der Waals surface area contributed by atoms with Gasteiger partial charge in [-0.3, -0.25) is 9.15 Å². The third-order valence-electron chi connectivity index (χ3n) is 5.07. The zero-order chi connectivity index (χ0) is 16.7. The molecular weight excluding hydrogens is 300 g/mol. The molecule has 0 radical (unpaired) electrons. The van der Waals surface area contributed by atoms with E-state index in [4.69, 9.17) is 9.15 Å². The molecule has 0 N–H and O–H groups in total. The Morgan fingerprint density at radius 2 is 1.09 bits per heavy atom. The zero-order valence-corrected chi connectivity index (χ0v) is 15.7. The van der Waals surface area contributed by atoms with Gasteiger partial charge in [0.2, 0.25) is 0 Å². The van der Waals surface area contributed by atoms with E-state index in [0.717, 1.165) is 0 Å². The van der Waals surface area contributed by atoms with Gasteiger partial charge < -0.3 is 0 Å². The fraction of sp³-hybridized carbons (Fsp3) is 0.400. The predicted molar refractivity (Wildman–Crippen MR) is 96.4 cm³/mol. The summed E-state index contributed by atoms with van der Waals surface area (Å²) >= 11 is 0. The van der Waals surface area contributed by atoms with Gasteiger partial charge in [0.1, 0.15) is 0 Å². The first-order valence-corrected chi connectivity index (χ1v) is 10.1. The van der Waals surface area contributed by atoms with Gasteiger partial charge in [0.25, 0.3) is 0 Å². The van der Waals surface area contributed by atoms with Gasteiger partial charge in [-0.05, 0) is 11.1 Å². The quantitative estimate of drug-likeness (QED) is 0.403. The van der Waals surface area contributed by atoms with Crippen molar-refractivity contribution in [2.75, 3.05) is 0 Å². The summed E-state index contributed by atoms with van der Waals surface area (Å²) in [5.41, 5.74) is 2.64. The first kappa shape index (κ1) is 16.4. The molecule has 1 heterocycles.